The number of rotatable bonds is 7. The molecule has 0 spiro atoms. The molecule has 0 radical (unpaired) electrons. The first-order valence-electron chi connectivity index (χ1n) is 7.70. The lowest BCUT2D eigenvalue weighted by Crippen LogP contribution is -2.43. The monoisotopic (exact) mass is 276 g/mol. The molecule has 20 heavy (non-hydrogen) atoms. The van der Waals surface area contributed by atoms with E-state index in [0.717, 1.165) is 18.1 Å². The summed E-state index contributed by atoms with van der Waals surface area (Å²) in [5.74, 6) is 1.75. The summed E-state index contributed by atoms with van der Waals surface area (Å²) < 4.78 is 5.25. The molecule has 1 aliphatic rings. The molecule has 0 saturated heterocycles. The van der Waals surface area contributed by atoms with Crippen LogP contribution in [-0.4, -0.2) is 31.1 Å². The smallest absolute Gasteiger partial charge is 0.118 e. The zero-order valence-electron chi connectivity index (χ0n) is 13.2. The van der Waals surface area contributed by atoms with Gasteiger partial charge in [0.15, 0.2) is 0 Å². The fourth-order valence-electron chi connectivity index (χ4n) is 2.97. The van der Waals surface area contributed by atoms with E-state index in [4.69, 9.17) is 10.5 Å². The summed E-state index contributed by atoms with van der Waals surface area (Å²) in [6.45, 7) is 4.49. The van der Waals surface area contributed by atoms with Gasteiger partial charge in [-0.3, -0.25) is 4.90 Å². The fraction of sp³-hybridized carbons (Fsp3) is 0.647. The molecule has 2 rings (SSSR count). The van der Waals surface area contributed by atoms with Gasteiger partial charge in [-0.2, -0.15) is 0 Å². The van der Waals surface area contributed by atoms with E-state index >= 15 is 0 Å². The number of hydrogen-bond acceptors (Lipinski definition) is 3. The first-order valence-corrected chi connectivity index (χ1v) is 7.70. The number of methoxy groups -OCH3 is 1. The summed E-state index contributed by atoms with van der Waals surface area (Å²) in [6.07, 6.45) is 3.71. The Labute approximate surface area is 123 Å². The fourth-order valence-corrected chi connectivity index (χ4v) is 2.97. The van der Waals surface area contributed by atoms with Crippen molar-refractivity contribution in [1.29, 1.82) is 0 Å². The van der Waals surface area contributed by atoms with Gasteiger partial charge in [-0.05, 0) is 56.8 Å². The summed E-state index contributed by atoms with van der Waals surface area (Å²) in [7, 11) is 3.92. The van der Waals surface area contributed by atoms with Crippen molar-refractivity contribution < 1.29 is 4.74 Å². The minimum absolute atomic E-state index is 0.162. The lowest BCUT2D eigenvalue weighted by atomic mass is 9.94. The lowest BCUT2D eigenvalue weighted by molar-refractivity contribution is 0.143. The van der Waals surface area contributed by atoms with E-state index in [2.05, 4.69) is 37.9 Å². The van der Waals surface area contributed by atoms with Crippen molar-refractivity contribution in [3.8, 4) is 5.75 Å². The van der Waals surface area contributed by atoms with Crippen LogP contribution >= 0.6 is 0 Å². The Morgan fingerprint density at radius 1 is 1.30 bits per heavy atom. The molecule has 0 aliphatic heterocycles. The van der Waals surface area contributed by atoms with Crippen molar-refractivity contribution in [3.05, 3.63) is 29.8 Å². The number of nitrogens with zero attached hydrogens (tertiary/aromatic N) is 1. The van der Waals surface area contributed by atoms with Crippen molar-refractivity contribution >= 4 is 0 Å². The van der Waals surface area contributed by atoms with Crippen LogP contribution in [0.4, 0.5) is 0 Å². The van der Waals surface area contributed by atoms with Gasteiger partial charge in [0.2, 0.25) is 0 Å². The highest BCUT2D eigenvalue weighted by molar-refractivity contribution is 5.30. The van der Waals surface area contributed by atoms with Gasteiger partial charge in [-0.25, -0.2) is 0 Å². The molecule has 3 atom stereocenters. The summed E-state index contributed by atoms with van der Waals surface area (Å²) in [5.41, 5.74) is 7.69. The van der Waals surface area contributed by atoms with Crippen molar-refractivity contribution in [2.45, 2.75) is 51.2 Å². The number of benzene rings is 1. The maximum Gasteiger partial charge on any atom is 0.118 e. The molecular weight excluding hydrogens is 248 g/mol. The molecule has 3 nitrogen and oxygen atoms in total. The second kappa shape index (κ2) is 6.59. The van der Waals surface area contributed by atoms with Crippen LogP contribution in [0.1, 0.15) is 44.7 Å². The van der Waals surface area contributed by atoms with Crippen LogP contribution < -0.4 is 10.5 Å². The van der Waals surface area contributed by atoms with Gasteiger partial charge in [0.25, 0.3) is 0 Å². The van der Waals surface area contributed by atoms with E-state index in [1.165, 1.54) is 18.4 Å². The minimum Gasteiger partial charge on any atom is -0.497 e. The maximum absolute atomic E-state index is 6.41. The average molecular weight is 276 g/mol. The van der Waals surface area contributed by atoms with Crippen LogP contribution in [0.5, 0.6) is 5.75 Å². The Balaban J connectivity index is 2.20. The third-order valence-corrected chi connectivity index (χ3v) is 4.72. The molecule has 1 aromatic carbocycles. The number of ether oxygens (including phenoxy) is 1. The molecule has 0 aromatic heterocycles. The SMILES string of the molecule is CCC(N)C(c1ccc(OC)cc1)N(C)C(C)C1CC1. The second-order valence-electron chi connectivity index (χ2n) is 6.03. The van der Waals surface area contributed by atoms with Gasteiger partial charge in [0.1, 0.15) is 5.75 Å². The number of hydrogen-bond donors (Lipinski definition) is 1. The predicted molar refractivity (Wildman–Crippen MR) is 84.0 cm³/mol. The van der Waals surface area contributed by atoms with Crippen molar-refractivity contribution in [3.63, 3.8) is 0 Å². The summed E-state index contributed by atoms with van der Waals surface area (Å²) in [4.78, 5) is 2.47. The first kappa shape index (κ1) is 15.3. The van der Waals surface area contributed by atoms with Crippen LogP contribution in [0.25, 0.3) is 0 Å². The van der Waals surface area contributed by atoms with E-state index in [1.807, 2.05) is 12.1 Å². The van der Waals surface area contributed by atoms with Crippen LogP contribution in [0.2, 0.25) is 0 Å². The molecule has 112 valence electrons. The summed E-state index contributed by atoms with van der Waals surface area (Å²) in [5, 5.41) is 0. The number of nitrogens with two attached hydrogens (primary N) is 1. The molecule has 1 aliphatic carbocycles. The molecule has 0 heterocycles. The summed E-state index contributed by atoms with van der Waals surface area (Å²) in [6, 6.07) is 9.39. The highest BCUT2D eigenvalue weighted by atomic mass is 16.5. The zero-order valence-corrected chi connectivity index (χ0v) is 13.2. The minimum atomic E-state index is 0.162. The normalized spacial score (nSPS) is 19.7. The standard InChI is InChI=1S/C17H28N2O/c1-5-16(18)17(19(3)12(2)13-6-7-13)14-8-10-15(20-4)11-9-14/h8-13,16-17H,5-7,18H2,1-4H3. The van der Waals surface area contributed by atoms with Gasteiger partial charge >= 0.3 is 0 Å². The highest BCUT2D eigenvalue weighted by Gasteiger charge is 2.35. The molecule has 1 saturated carbocycles. The Morgan fingerprint density at radius 3 is 2.35 bits per heavy atom. The molecule has 3 heteroatoms. The van der Waals surface area contributed by atoms with Gasteiger partial charge in [0, 0.05) is 18.1 Å². The Bertz CT molecular complexity index is 414. The van der Waals surface area contributed by atoms with Gasteiger partial charge in [0.05, 0.1) is 7.11 Å². The van der Waals surface area contributed by atoms with Gasteiger partial charge in [-0.15, -0.1) is 0 Å². The van der Waals surface area contributed by atoms with Crippen LogP contribution in [0.3, 0.4) is 0 Å². The Kier molecular flexibility index (Phi) is 5.06. The molecule has 0 bridgehead atoms. The van der Waals surface area contributed by atoms with Crippen LogP contribution in [0, 0.1) is 5.92 Å². The topological polar surface area (TPSA) is 38.5 Å². The molecule has 0 amide bonds. The molecule has 3 unspecified atom stereocenters. The average Bonchev–Trinajstić information content (AvgIpc) is 3.31. The van der Waals surface area contributed by atoms with E-state index in [0.29, 0.717) is 6.04 Å². The van der Waals surface area contributed by atoms with Crippen molar-refractivity contribution in [2.75, 3.05) is 14.2 Å². The molecule has 1 aromatic rings. The maximum atomic E-state index is 6.41. The quantitative estimate of drug-likeness (QED) is 0.831. The third kappa shape index (κ3) is 3.33. The Morgan fingerprint density at radius 2 is 1.90 bits per heavy atom. The highest BCUT2D eigenvalue weighted by Crippen LogP contribution is 2.38. The molecule has 2 N–H and O–H groups in total. The van der Waals surface area contributed by atoms with Gasteiger partial charge in [-0.1, -0.05) is 19.1 Å². The molecule has 1 fully saturated rings. The second-order valence-corrected chi connectivity index (χ2v) is 6.03. The first-order chi connectivity index (χ1) is 9.58. The summed E-state index contributed by atoms with van der Waals surface area (Å²) >= 11 is 0. The van der Waals surface area contributed by atoms with Crippen molar-refractivity contribution in [1.82, 2.24) is 4.90 Å². The van der Waals surface area contributed by atoms with E-state index in [1.54, 1.807) is 7.11 Å². The van der Waals surface area contributed by atoms with E-state index < -0.39 is 0 Å². The third-order valence-electron chi connectivity index (χ3n) is 4.72. The van der Waals surface area contributed by atoms with Gasteiger partial charge < -0.3 is 10.5 Å². The predicted octanol–water partition coefficient (Wildman–Crippen LogP) is 3.20. The van der Waals surface area contributed by atoms with E-state index in [-0.39, 0.29) is 12.1 Å². The molecular formula is C17H28N2O. The lowest BCUT2D eigenvalue weighted by Gasteiger charge is -2.37. The van der Waals surface area contributed by atoms with E-state index in [9.17, 15) is 0 Å². The van der Waals surface area contributed by atoms with Crippen LogP contribution in [-0.2, 0) is 0 Å². The Hall–Kier alpha value is -1.06. The zero-order chi connectivity index (χ0) is 14.7. The van der Waals surface area contributed by atoms with Crippen molar-refractivity contribution in [2.24, 2.45) is 11.7 Å². The number of likely N-dealkylation sites (N-methyl/N-ethyl adjacent to an activating group) is 1. The largest absolute Gasteiger partial charge is 0.497 e. The van der Waals surface area contributed by atoms with Crippen LogP contribution in [0.15, 0.2) is 24.3 Å².